The molecule has 1 heterocycles. The van der Waals surface area contributed by atoms with E-state index < -0.39 is 6.04 Å². The highest BCUT2D eigenvalue weighted by molar-refractivity contribution is 5.88. The Morgan fingerprint density at radius 3 is 2.83 bits per heavy atom. The van der Waals surface area contributed by atoms with Crippen LogP contribution in [0.2, 0.25) is 0 Å². The van der Waals surface area contributed by atoms with Crippen LogP contribution in [0.15, 0.2) is 12.5 Å². The lowest BCUT2D eigenvalue weighted by molar-refractivity contribution is -0.131. The van der Waals surface area contributed by atoms with Crippen molar-refractivity contribution in [2.45, 2.75) is 51.5 Å². The second kappa shape index (κ2) is 8.99. The molecule has 2 amide bonds. The summed E-state index contributed by atoms with van der Waals surface area (Å²) >= 11 is 0. The number of H-pyrrole nitrogens is 1. The van der Waals surface area contributed by atoms with Gasteiger partial charge in [0.05, 0.1) is 12.9 Å². The van der Waals surface area contributed by atoms with Crippen LogP contribution < -0.4 is 10.6 Å². The van der Waals surface area contributed by atoms with E-state index in [4.69, 9.17) is 0 Å². The van der Waals surface area contributed by atoms with Crippen molar-refractivity contribution in [3.05, 3.63) is 18.2 Å². The van der Waals surface area contributed by atoms with Crippen molar-refractivity contribution in [3.63, 3.8) is 0 Å². The third kappa shape index (κ3) is 5.44. The monoisotopic (exact) mass is 316 g/mol. The van der Waals surface area contributed by atoms with E-state index in [2.05, 4.69) is 32.4 Å². The van der Waals surface area contributed by atoms with E-state index >= 15 is 0 Å². The van der Waals surface area contributed by atoms with Gasteiger partial charge in [0, 0.05) is 24.2 Å². The van der Waals surface area contributed by atoms with Crippen LogP contribution in [0.4, 0.5) is 0 Å². The zero-order chi connectivity index (χ0) is 16.5. The van der Waals surface area contributed by atoms with E-state index in [-0.39, 0.29) is 24.3 Å². The molecule has 1 saturated carbocycles. The summed E-state index contributed by atoms with van der Waals surface area (Å²) in [6.45, 7) is 2.01. The van der Waals surface area contributed by atoms with Gasteiger partial charge < -0.3 is 15.6 Å². The molecular formula is C17H24N4O2. The fourth-order valence-electron chi connectivity index (χ4n) is 2.82. The minimum atomic E-state index is -0.608. The van der Waals surface area contributed by atoms with Crippen LogP contribution in [-0.4, -0.2) is 34.4 Å². The number of carbonyl (C=O) groups excluding carboxylic acids is 2. The van der Waals surface area contributed by atoms with Crippen LogP contribution in [0.25, 0.3) is 0 Å². The molecule has 0 spiro atoms. The van der Waals surface area contributed by atoms with E-state index in [1.54, 1.807) is 19.4 Å². The molecule has 0 aliphatic heterocycles. The molecule has 124 valence electrons. The summed E-state index contributed by atoms with van der Waals surface area (Å²) in [5, 5.41) is 5.65. The fourth-order valence-corrected chi connectivity index (χ4v) is 2.82. The molecule has 6 nitrogen and oxygen atoms in total. The van der Waals surface area contributed by atoms with Crippen LogP contribution in [0.1, 0.15) is 44.7 Å². The first-order chi connectivity index (χ1) is 11.2. The number of imidazole rings is 1. The normalized spacial score (nSPS) is 16.0. The molecule has 0 aromatic carbocycles. The second-order valence-electron chi connectivity index (χ2n) is 5.82. The van der Waals surface area contributed by atoms with Gasteiger partial charge in [0.25, 0.3) is 0 Å². The van der Waals surface area contributed by atoms with Crippen LogP contribution in [0.3, 0.4) is 0 Å². The van der Waals surface area contributed by atoms with E-state index in [0.717, 1.165) is 31.4 Å². The Kier molecular flexibility index (Phi) is 6.67. The van der Waals surface area contributed by atoms with Crippen LogP contribution >= 0.6 is 0 Å². The van der Waals surface area contributed by atoms with Gasteiger partial charge in [0.2, 0.25) is 11.8 Å². The Hall–Kier alpha value is -2.29. The smallest absolute Gasteiger partial charge is 0.243 e. The quantitative estimate of drug-likeness (QED) is 0.688. The Morgan fingerprint density at radius 1 is 1.39 bits per heavy atom. The lowest BCUT2D eigenvalue weighted by Crippen LogP contribution is -2.50. The third-order valence-corrected chi connectivity index (χ3v) is 4.12. The number of aromatic amines is 1. The highest BCUT2D eigenvalue weighted by Crippen LogP contribution is 2.23. The van der Waals surface area contributed by atoms with Crippen LogP contribution in [0, 0.1) is 17.8 Å². The van der Waals surface area contributed by atoms with E-state index in [1.165, 1.54) is 6.42 Å². The van der Waals surface area contributed by atoms with Crippen molar-refractivity contribution in [1.29, 1.82) is 0 Å². The molecule has 23 heavy (non-hydrogen) atoms. The average molecular weight is 316 g/mol. The summed E-state index contributed by atoms with van der Waals surface area (Å²) in [6, 6.07) is -0.608. The predicted molar refractivity (Wildman–Crippen MR) is 87.3 cm³/mol. The van der Waals surface area contributed by atoms with Gasteiger partial charge in [-0.15, -0.1) is 5.92 Å². The predicted octanol–water partition coefficient (Wildman–Crippen LogP) is 1.16. The summed E-state index contributed by atoms with van der Waals surface area (Å²) in [5.41, 5.74) is 0.815. The van der Waals surface area contributed by atoms with Gasteiger partial charge >= 0.3 is 0 Å². The molecular weight excluding hydrogens is 292 g/mol. The number of aromatic nitrogens is 2. The molecule has 0 radical (unpaired) electrons. The summed E-state index contributed by atoms with van der Waals surface area (Å²) < 4.78 is 0. The first-order valence-corrected chi connectivity index (χ1v) is 8.15. The molecule has 1 fully saturated rings. The van der Waals surface area contributed by atoms with Crippen molar-refractivity contribution in [2.75, 3.05) is 6.54 Å². The molecule has 2 rings (SSSR count). The summed E-state index contributed by atoms with van der Waals surface area (Å²) in [4.78, 5) is 31.7. The van der Waals surface area contributed by atoms with Gasteiger partial charge in [0.15, 0.2) is 0 Å². The molecule has 0 saturated heterocycles. The van der Waals surface area contributed by atoms with E-state index in [1.807, 2.05) is 0 Å². The third-order valence-electron chi connectivity index (χ3n) is 4.12. The summed E-state index contributed by atoms with van der Waals surface area (Å²) in [7, 11) is 0. The van der Waals surface area contributed by atoms with Gasteiger partial charge in [0.1, 0.15) is 6.04 Å². The van der Waals surface area contributed by atoms with Gasteiger partial charge in [-0.3, -0.25) is 9.59 Å². The van der Waals surface area contributed by atoms with Gasteiger partial charge in [-0.05, 0) is 19.8 Å². The number of nitrogens with zero attached hydrogens (tertiary/aromatic N) is 1. The average Bonchev–Trinajstić information content (AvgIpc) is 3.08. The van der Waals surface area contributed by atoms with Gasteiger partial charge in [-0.25, -0.2) is 4.98 Å². The standard InChI is InChI=1S/C17H24N4O2/c1-2-3-9-19-17(23)15(10-14-11-18-12-20-14)21-16(22)13-7-5-4-6-8-13/h11-13,15H,4-10H2,1H3,(H,18,20)(H,19,23)(H,21,22)/t15-/m0/s1. The van der Waals surface area contributed by atoms with Crippen LogP contribution in [-0.2, 0) is 16.0 Å². The van der Waals surface area contributed by atoms with E-state index in [9.17, 15) is 9.59 Å². The fraction of sp³-hybridized carbons (Fsp3) is 0.588. The molecule has 6 heteroatoms. The maximum atomic E-state index is 12.4. The Labute approximate surface area is 136 Å². The maximum absolute atomic E-state index is 12.4. The van der Waals surface area contributed by atoms with Crippen molar-refractivity contribution in [1.82, 2.24) is 20.6 Å². The van der Waals surface area contributed by atoms with Crippen molar-refractivity contribution < 1.29 is 9.59 Å². The first-order valence-electron chi connectivity index (χ1n) is 8.15. The highest BCUT2D eigenvalue weighted by Gasteiger charge is 2.26. The maximum Gasteiger partial charge on any atom is 0.243 e. The minimum absolute atomic E-state index is 0.0223. The molecule has 0 bridgehead atoms. The molecule has 1 aliphatic rings. The van der Waals surface area contributed by atoms with Crippen molar-refractivity contribution in [3.8, 4) is 11.8 Å². The Morgan fingerprint density at radius 2 is 2.17 bits per heavy atom. The SMILES string of the molecule is CC#CCNC(=O)[C@H](Cc1cnc[nH]1)NC(=O)C1CCCCC1. The lowest BCUT2D eigenvalue weighted by Gasteiger charge is -2.24. The minimum Gasteiger partial charge on any atom is -0.348 e. The highest BCUT2D eigenvalue weighted by atomic mass is 16.2. The second-order valence-corrected chi connectivity index (χ2v) is 5.82. The zero-order valence-corrected chi connectivity index (χ0v) is 13.5. The molecule has 0 unspecified atom stereocenters. The van der Waals surface area contributed by atoms with Gasteiger partial charge in [-0.1, -0.05) is 25.2 Å². The number of carbonyl (C=O) groups is 2. The lowest BCUT2D eigenvalue weighted by atomic mass is 9.88. The molecule has 1 aromatic heterocycles. The first kappa shape index (κ1) is 17.1. The topological polar surface area (TPSA) is 86.9 Å². The van der Waals surface area contributed by atoms with Crippen LogP contribution in [0.5, 0.6) is 0 Å². The zero-order valence-electron chi connectivity index (χ0n) is 13.5. The Bertz CT molecular complexity index is 565. The number of amides is 2. The van der Waals surface area contributed by atoms with Crippen molar-refractivity contribution >= 4 is 11.8 Å². The van der Waals surface area contributed by atoms with Crippen molar-refractivity contribution in [2.24, 2.45) is 5.92 Å². The Balaban J connectivity index is 1.97. The summed E-state index contributed by atoms with van der Waals surface area (Å²) in [6.07, 6.45) is 8.80. The largest absolute Gasteiger partial charge is 0.348 e. The molecule has 1 atom stereocenters. The number of nitrogens with one attached hydrogen (secondary N) is 3. The molecule has 1 aromatic rings. The van der Waals surface area contributed by atoms with Gasteiger partial charge in [-0.2, -0.15) is 0 Å². The number of rotatable bonds is 6. The molecule has 1 aliphatic carbocycles. The summed E-state index contributed by atoms with van der Waals surface area (Å²) in [5.74, 6) is 5.31. The number of hydrogen-bond acceptors (Lipinski definition) is 3. The number of hydrogen-bond donors (Lipinski definition) is 3. The van der Waals surface area contributed by atoms with E-state index in [0.29, 0.717) is 6.42 Å². The molecule has 3 N–H and O–H groups in total.